The number of nitrogens with one attached hydrogen (secondary N) is 1. The largest absolute Gasteiger partial charge is 0.314 e. The Balaban J connectivity index is 1.54. The van der Waals surface area contributed by atoms with Gasteiger partial charge in [-0.2, -0.15) is 0 Å². The highest BCUT2D eigenvalue weighted by Crippen LogP contribution is 2.36. The minimum Gasteiger partial charge on any atom is -0.314 e. The lowest BCUT2D eigenvalue weighted by molar-refractivity contribution is 0.171. The normalized spacial score (nSPS) is 34.1. The molecule has 0 aromatic carbocycles. The molecule has 4 heteroatoms. The fourth-order valence-corrected chi connectivity index (χ4v) is 4.46. The molecular weight excluding hydrogens is 248 g/mol. The van der Waals surface area contributed by atoms with Crippen LogP contribution in [0.5, 0.6) is 0 Å². The molecule has 1 aliphatic carbocycles. The monoisotopic (exact) mass is 274 g/mol. The maximum absolute atomic E-state index is 4.55. The van der Waals surface area contributed by atoms with Crippen LogP contribution in [-0.2, 0) is 13.0 Å². The van der Waals surface area contributed by atoms with Crippen LogP contribution in [0.4, 0.5) is 0 Å². The van der Waals surface area contributed by atoms with Crippen molar-refractivity contribution in [2.24, 2.45) is 5.92 Å². The summed E-state index contributed by atoms with van der Waals surface area (Å²) in [7, 11) is 0. The fraction of sp³-hybridized carbons (Fsp3) is 0.875. The Bertz CT molecular complexity index is 467. The van der Waals surface area contributed by atoms with Gasteiger partial charge < -0.3 is 9.88 Å². The summed E-state index contributed by atoms with van der Waals surface area (Å²) in [6.07, 6.45) is 13.3. The number of nitrogens with zero attached hydrogens (tertiary/aromatic N) is 3. The molecule has 0 bridgehead atoms. The van der Waals surface area contributed by atoms with Crippen molar-refractivity contribution in [1.29, 1.82) is 0 Å². The van der Waals surface area contributed by atoms with E-state index in [4.69, 9.17) is 0 Å². The van der Waals surface area contributed by atoms with E-state index in [0.717, 1.165) is 24.9 Å². The molecule has 3 unspecified atom stereocenters. The molecule has 1 aromatic rings. The molecule has 3 heterocycles. The average Bonchev–Trinajstić information content (AvgIpc) is 2.75. The summed E-state index contributed by atoms with van der Waals surface area (Å²) in [5.41, 5.74) is 0. The molecule has 20 heavy (non-hydrogen) atoms. The molecule has 1 saturated heterocycles. The average molecular weight is 274 g/mol. The lowest BCUT2D eigenvalue weighted by atomic mass is 9.77. The van der Waals surface area contributed by atoms with Crippen LogP contribution in [0, 0.1) is 5.92 Å². The number of piperidine rings is 1. The molecular formula is C16H26N4. The van der Waals surface area contributed by atoms with Gasteiger partial charge in [-0.1, -0.05) is 19.3 Å². The lowest BCUT2D eigenvalue weighted by Gasteiger charge is -2.40. The maximum Gasteiger partial charge on any atom is 0.150 e. The Morgan fingerprint density at radius 1 is 0.900 bits per heavy atom. The molecule has 0 spiro atoms. The summed E-state index contributed by atoms with van der Waals surface area (Å²) in [5, 5.41) is 12.9. The number of aromatic nitrogens is 3. The van der Waals surface area contributed by atoms with Crippen molar-refractivity contribution in [2.75, 3.05) is 0 Å². The third-order valence-electron chi connectivity index (χ3n) is 5.60. The molecule has 2 fully saturated rings. The van der Waals surface area contributed by atoms with Gasteiger partial charge in [0.05, 0.1) is 6.04 Å². The van der Waals surface area contributed by atoms with Crippen LogP contribution in [-0.4, -0.2) is 20.8 Å². The van der Waals surface area contributed by atoms with E-state index in [0.29, 0.717) is 6.04 Å². The molecule has 1 aromatic heterocycles. The standard InChI is InChI=1S/C16H26N4/c1-2-8-15-18-19-16(20(15)11-5-1)14-10-9-12-6-3-4-7-13(12)17-14/h12-14,17H,1-11H2. The van der Waals surface area contributed by atoms with Crippen LogP contribution in [0.1, 0.15) is 75.5 Å². The van der Waals surface area contributed by atoms with Crippen molar-refractivity contribution in [2.45, 2.75) is 82.8 Å². The molecule has 4 nitrogen and oxygen atoms in total. The third kappa shape index (κ3) is 2.28. The molecule has 110 valence electrons. The van der Waals surface area contributed by atoms with Crippen LogP contribution >= 0.6 is 0 Å². The molecule has 2 aliphatic heterocycles. The molecule has 0 amide bonds. The smallest absolute Gasteiger partial charge is 0.150 e. The molecule has 1 saturated carbocycles. The highest BCUT2D eigenvalue weighted by Gasteiger charge is 2.34. The molecule has 1 N–H and O–H groups in total. The van der Waals surface area contributed by atoms with E-state index in [1.165, 1.54) is 69.4 Å². The SMILES string of the molecule is C1CCc2nnc(C3CCC4CCCCC4N3)n2CC1. The van der Waals surface area contributed by atoms with E-state index in [1.807, 2.05) is 0 Å². The third-order valence-corrected chi connectivity index (χ3v) is 5.60. The van der Waals surface area contributed by atoms with Gasteiger partial charge in [-0.15, -0.1) is 10.2 Å². The van der Waals surface area contributed by atoms with Gasteiger partial charge in [-0.3, -0.25) is 0 Å². The number of fused-ring (bicyclic) bond motifs is 2. The molecule has 3 aliphatic rings. The highest BCUT2D eigenvalue weighted by atomic mass is 15.3. The molecule has 3 atom stereocenters. The zero-order chi connectivity index (χ0) is 13.4. The molecule has 0 radical (unpaired) electrons. The Morgan fingerprint density at radius 3 is 2.85 bits per heavy atom. The summed E-state index contributed by atoms with van der Waals surface area (Å²) in [6.45, 7) is 1.13. The Labute approximate surface area is 121 Å². The number of aryl methyl sites for hydroxylation is 1. The summed E-state index contributed by atoms with van der Waals surface area (Å²) < 4.78 is 2.42. The number of rotatable bonds is 1. The van der Waals surface area contributed by atoms with Gasteiger partial charge in [0.1, 0.15) is 11.6 Å². The van der Waals surface area contributed by atoms with E-state index in [1.54, 1.807) is 0 Å². The summed E-state index contributed by atoms with van der Waals surface area (Å²) in [5.74, 6) is 3.38. The van der Waals surface area contributed by atoms with Gasteiger partial charge in [0.15, 0.2) is 0 Å². The van der Waals surface area contributed by atoms with Crippen LogP contribution in [0.3, 0.4) is 0 Å². The number of hydrogen-bond donors (Lipinski definition) is 1. The lowest BCUT2D eigenvalue weighted by Crippen LogP contribution is -2.45. The van der Waals surface area contributed by atoms with Gasteiger partial charge in [-0.05, 0) is 44.4 Å². The van der Waals surface area contributed by atoms with E-state index in [-0.39, 0.29) is 0 Å². The first-order chi connectivity index (χ1) is 9.92. The Hall–Kier alpha value is -0.900. The van der Waals surface area contributed by atoms with Crippen LogP contribution in [0.25, 0.3) is 0 Å². The fourth-order valence-electron chi connectivity index (χ4n) is 4.46. The van der Waals surface area contributed by atoms with Gasteiger partial charge >= 0.3 is 0 Å². The van der Waals surface area contributed by atoms with Crippen molar-refractivity contribution < 1.29 is 0 Å². The van der Waals surface area contributed by atoms with Crippen molar-refractivity contribution in [3.05, 3.63) is 11.6 Å². The van der Waals surface area contributed by atoms with Crippen LogP contribution in [0.2, 0.25) is 0 Å². The second-order valence-electron chi connectivity index (χ2n) is 6.88. The summed E-state index contributed by atoms with van der Waals surface area (Å²) in [6, 6.07) is 1.19. The quantitative estimate of drug-likeness (QED) is 0.856. The first kappa shape index (κ1) is 12.8. The number of hydrogen-bond acceptors (Lipinski definition) is 3. The van der Waals surface area contributed by atoms with Gasteiger partial charge in [0, 0.05) is 19.0 Å². The zero-order valence-corrected chi connectivity index (χ0v) is 12.4. The van der Waals surface area contributed by atoms with Crippen LogP contribution in [0.15, 0.2) is 0 Å². The zero-order valence-electron chi connectivity index (χ0n) is 12.4. The summed E-state index contributed by atoms with van der Waals surface area (Å²) in [4.78, 5) is 0. The van der Waals surface area contributed by atoms with Gasteiger partial charge in [0.2, 0.25) is 0 Å². The van der Waals surface area contributed by atoms with Crippen molar-refractivity contribution in [3.63, 3.8) is 0 Å². The van der Waals surface area contributed by atoms with Crippen molar-refractivity contribution in [3.8, 4) is 0 Å². The maximum atomic E-state index is 4.55. The van der Waals surface area contributed by atoms with E-state index in [9.17, 15) is 0 Å². The van der Waals surface area contributed by atoms with Gasteiger partial charge in [-0.25, -0.2) is 0 Å². The van der Waals surface area contributed by atoms with E-state index in [2.05, 4.69) is 20.1 Å². The van der Waals surface area contributed by atoms with Crippen molar-refractivity contribution in [1.82, 2.24) is 20.1 Å². The predicted octanol–water partition coefficient (Wildman–Crippen LogP) is 2.99. The highest BCUT2D eigenvalue weighted by molar-refractivity contribution is 5.06. The second-order valence-corrected chi connectivity index (χ2v) is 6.88. The predicted molar refractivity (Wildman–Crippen MR) is 78.4 cm³/mol. The molecule has 4 rings (SSSR count). The Kier molecular flexibility index (Phi) is 3.51. The van der Waals surface area contributed by atoms with Crippen LogP contribution < -0.4 is 5.32 Å². The summed E-state index contributed by atoms with van der Waals surface area (Å²) >= 11 is 0. The van der Waals surface area contributed by atoms with E-state index >= 15 is 0 Å². The van der Waals surface area contributed by atoms with Crippen molar-refractivity contribution >= 4 is 0 Å². The minimum absolute atomic E-state index is 0.452. The topological polar surface area (TPSA) is 42.7 Å². The first-order valence-electron chi connectivity index (χ1n) is 8.60. The first-order valence-corrected chi connectivity index (χ1v) is 8.60. The van der Waals surface area contributed by atoms with Gasteiger partial charge in [0.25, 0.3) is 0 Å². The Morgan fingerprint density at radius 2 is 1.85 bits per heavy atom. The van der Waals surface area contributed by atoms with E-state index < -0.39 is 0 Å². The second kappa shape index (κ2) is 5.47. The minimum atomic E-state index is 0.452.